The smallest absolute Gasteiger partial charge is 0.302 e. The average Bonchev–Trinajstić information content (AvgIpc) is 2.55. The van der Waals surface area contributed by atoms with E-state index in [2.05, 4.69) is 32.9 Å². The molecule has 3 aliphatic rings. The van der Waals surface area contributed by atoms with Crippen molar-refractivity contribution in [3.8, 4) is 0 Å². The Labute approximate surface area is 162 Å². The van der Waals surface area contributed by atoms with Gasteiger partial charge in [-0.1, -0.05) is 37.1 Å². The van der Waals surface area contributed by atoms with E-state index in [1.807, 2.05) is 13.8 Å². The standard InChI is InChI=1S/C23H32O4/c1-7-14(3)19-15(4)9-17-8-13(2)10-23(26)11-18(12-27-16(5)24)21(25)22(19,6)20(17)23/h7,9,11,13,17,19-20,26H,8,10,12H2,1-6H3/b14-7+. The second-order valence-corrected chi connectivity index (χ2v) is 9.12. The molecule has 27 heavy (non-hydrogen) atoms. The first-order valence-electron chi connectivity index (χ1n) is 9.98. The average molecular weight is 373 g/mol. The monoisotopic (exact) mass is 372 g/mol. The van der Waals surface area contributed by atoms with Crippen molar-refractivity contribution < 1.29 is 19.4 Å². The van der Waals surface area contributed by atoms with Crippen molar-refractivity contribution in [1.29, 1.82) is 0 Å². The third kappa shape index (κ3) is 3.02. The number of esters is 1. The van der Waals surface area contributed by atoms with Crippen LogP contribution in [0.2, 0.25) is 0 Å². The number of rotatable bonds is 3. The lowest BCUT2D eigenvalue weighted by Gasteiger charge is -2.60. The summed E-state index contributed by atoms with van der Waals surface area (Å²) in [7, 11) is 0. The fraction of sp³-hybridized carbons (Fsp3) is 0.652. The van der Waals surface area contributed by atoms with Gasteiger partial charge in [0.25, 0.3) is 0 Å². The van der Waals surface area contributed by atoms with Gasteiger partial charge in [0.1, 0.15) is 6.61 Å². The molecule has 0 aromatic heterocycles. The number of carbonyl (C=O) groups excluding carboxylic acids is 2. The zero-order valence-corrected chi connectivity index (χ0v) is 17.3. The van der Waals surface area contributed by atoms with Crippen LogP contribution < -0.4 is 0 Å². The molecule has 1 saturated carbocycles. The third-order valence-corrected chi connectivity index (χ3v) is 7.04. The number of ketones is 1. The van der Waals surface area contributed by atoms with Crippen LogP contribution in [0.4, 0.5) is 0 Å². The Kier molecular flexibility index (Phi) is 5.00. The fourth-order valence-electron chi connectivity index (χ4n) is 6.37. The number of ether oxygens (including phenoxy) is 1. The Morgan fingerprint density at radius 3 is 2.67 bits per heavy atom. The summed E-state index contributed by atoms with van der Waals surface area (Å²) < 4.78 is 5.17. The topological polar surface area (TPSA) is 63.6 Å². The summed E-state index contributed by atoms with van der Waals surface area (Å²) in [5.41, 5.74) is 0.993. The van der Waals surface area contributed by atoms with Crippen LogP contribution in [0.25, 0.3) is 0 Å². The third-order valence-electron chi connectivity index (χ3n) is 7.04. The summed E-state index contributed by atoms with van der Waals surface area (Å²) in [6.07, 6.45) is 7.69. The van der Waals surface area contributed by atoms with E-state index in [-0.39, 0.29) is 30.1 Å². The zero-order chi connectivity index (χ0) is 20.1. The van der Waals surface area contributed by atoms with Gasteiger partial charge in [-0.15, -0.1) is 0 Å². The van der Waals surface area contributed by atoms with Gasteiger partial charge in [0, 0.05) is 29.7 Å². The normalized spacial score (nSPS) is 41.4. The van der Waals surface area contributed by atoms with Gasteiger partial charge in [-0.25, -0.2) is 0 Å². The van der Waals surface area contributed by atoms with Gasteiger partial charge in [-0.05, 0) is 51.5 Å². The van der Waals surface area contributed by atoms with Gasteiger partial charge in [0.2, 0.25) is 0 Å². The van der Waals surface area contributed by atoms with E-state index < -0.39 is 17.0 Å². The summed E-state index contributed by atoms with van der Waals surface area (Å²) in [6, 6.07) is 0. The Hall–Kier alpha value is -1.68. The molecule has 1 fully saturated rings. The number of allylic oxidation sites excluding steroid dienone is 4. The van der Waals surface area contributed by atoms with Crippen LogP contribution >= 0.6 is 0 Å². The zero-order valence-electron chi connectivity index (χ0n) is 17.3. The van der Waals surface area contributed by atoms with Crippen LogP contribution in [0.5, 0.6) is 0 Å². The minimum absolute atomic E-state index is 0.0108. The lowest BCUT2D eigenvalue weighted by atomic mass is 9.44. The first-order chi connectivity index (χ1) is 12.5. The minimum atomic E-state index is -1.05. The molecule has 148 valence electrons. The Morgan fingerprint density at radius 1 is 1.41 bits per heavy atom. The molecule has 0 heterocycles. The first kappa shape index (κ1) is 20.1. The number of hydrogen-bond acceptors (Lipinski definition) is 4. The molecule has 1 N–H and O–H groups in total. The van der Waals surface area contributed by atoms with Gasteiger partial charge < -0.3 is 9.84 Å². The van der Waals surface area contributed by atoms with Crippen molar-refractivity contribution >= 4 is 11.8 Å². The Balaban J connectivity index is 2.20. The predicted molar refractivity (Wildman–Crippen MR) is 105 cm³/mol. The number of hydrogen-bond donors (Lipinski definition) is 1. The number of Topliss-reactive ketones (excluding diaryl/α,β-unsaturated/α-hetero) is 1. The molecule has 0 amide bonds. The summed E-state index contributed by atoms with van der Waals surface area (Å²) in [4.78, 5) is 25.0. The molecule has 4 heteroatoms. The molecular formula is C23H32O4. The molecule has 0 spiro atoms. The maximum Gasteiger partial charge on any atom is 0.302 e. The SMILES string of the molecule is C/C=C(\C)C1C(C)=CC2CC(C)CC3(O)C=C(COC(C)=O)C(=O)C1(C)C23. The van der Waals surface area contributed by atoms with Crippen LogP contribution in [0, 0.1) is 29.1 Å². The van der Waals surface area contributed by atoms with Crippen molar-refractivity contribution in [3.05, 3.63) is 34.9 Å². The van der Waals surface area contributed by atoms with E-state index in [9.17, 15) is 14.7 Å². The fourth-order valence-corrected chi connectivity index (χ4v) is 6.37. The van der Waals surface area contributed by atoms with Crippen LogP contribution in [-0.2, 0) is 14.3 Å². The van der Waals surface area contributed by atoms with Crippen molar-refractivity contribution in [3.63, 3.8) is 0 Å². The maximum absolute atomic E-state index is 13.7. The van der Waals surface area contributed by atoms with E-state index in [4.69, 9.17) is 4.74 Å². The van der Waals surface area contributed by atoms with E-state index in [0.717, 1.165) is 12.0 Å². The van der Waals surface area contributed by atoms with Crippen molar-refractivity contribution in [2.75, 3.05) is 6.61 Å². The highest BCUT2D eigenvalue weighted by Gasteiger charge is 2.64. The summed E-state index contributed by atoms with van der Waals surface area (Å²) in [5.74, 6) is -0.0607. The molecule has 0 radical (unpaired) electrons. The second kappa shape index (κ2) is 6.73. The lowest BCUT2D eigenvalue weighted by Crippen LogP contribution is -2.63. The van der Waals surface area contributed by atoms with Crippen molar-refractivity contribution in [1.82, 2.24) is 0 Å². The van der Waals surface area contributed by atoms with E-state index >= 15 is 0 Å². The van der Waals surface area contributed by atoms with Crippen molar-refractivity contribution in [2.45, 2.75) is 60.0 Å². The maximum atomic E-state index is 13.7. The van der Waals surface area contributed by atoms with Crippen LogP contribution in [0.3, 0.4) is 0 Å². The van der Waals surface area contributed by atoms with Gasteiger partial charge in [0.05, 0.1) is 5.60 Å². The lowest BCUT2D eigenvalue weighted by molar-refractivity contribution is -0.156. The van der Waals surface area contributed by atoms with Gasteiger partial charge in [-0.2, -0.15) is 0 Å². The van der Waals surface area contributed by atoms with Gasteiger partial charge in [-0.3, -0.25) is 9.59 Å². The molecular weight excluding hydrogens is 340 g/mol. The van der Waals surface area contributed by atoms with Gasteiger partial charge in [0.15, 0.2) is 5.78 Å². The predicted octanol–water partition coefficient (Wildman–Crippen LogP) is 4.00. The summed E-state index contributed by atoms with van der Waals surface area (Å²) in [6.45, 7) is 11.6. The molecule has 6 unspecified atom stereocenters. The first-order valence-corrected chi connectivity index (χ1v) is 9.98. The molecule has 0 bridgehead atoms. The Morgan fingerprint density at radius 2 is 2.07 bits per heavy atom. The molecule has 0 aromatic rings. The highest BCUT2D eigenvalue weighted by atomic mass is 16.5. The van der Waals surface area contributed by atoms with E-state index in [1.54, 1.807) is 6.08 Å². The van der Waals surface area contributed by atoms with Crippen LogP contribution in [0.1, 0.15) is 54.4 Å². The minimum Gasteiger partial charge on any atom is -0.461 e. The van der Waals surface area contributed by atoms with Crippen LogP contribution in [-0.4, -0.2) is 29.1 Å². The molecule has 4 nitrogen and oxygen atoms in total. The van der Waals surface area contributed by atoms with E-state index in [1.165, 1.54) is 12.5 Å². The largest absolute Gasteiger partial charge is 0.461 e. The molecule has 3 aliphatic carbocycles. The van der Waals surface area contributed by atoms with E-state index in [0.29, 0.717) is 17.9 Å². The highest BCUT2D eigenvalue weighted by Crippen LogP contribution is 2.62. The number of carbonyl (C=O) groups is 2. The molecule has 0 aromatic carbocycles. The van der Waals surface area contributed by atoms with Gasteiger partial charge >= 0.3 is 5.97 Å². The van der Waals surface area contributed by atoms with Crippen molar-refractivity contribution in [2.24, 2.45) is 29.1 Å². The Bertz CT molecular complexity index is 758. The van der Waals surface area contributed by atoms with Crippen LogP contribution in [0.15, 0.2) is 34.9 Å². The highest BCUT2D eigenvalue weighted by molar-refractivity contribution is 6.02. The quantitative estimate of drug-likeness (QED) is 0.601. The molecule has 0 aliphatic heterocycles. The summed E-state index contributed by atoms with van der Waals surface area (Å²) in [5, 5.41) is 11.7. The number of aliphatic hydroxyl groups is 1. The molecule has 0 saturated heterocycles. The molecule has 3 rings (SSSR count). The second-order valence-electron chi connectivity index (χ2n) is 9.12. The molecule has 6 atom stereocenters. The summed E-state index contributed by atoms with van der Waals surface area (Å²) >= 11 is 0.